The molecule has 1 aromatic carbocycles. The van der Waals surface area contributed by atoms with Crippen molar-refractivity contribution in [2.45, 2.75) is 46.1 Å². The van der Waals surface area contributed by atoms with Gasteiger partial charge >= 0.3 is 0 Å². The molecule has 0 fully saturated rings. The first-order valence-electron chi connectivity index (χ1n) is 6.41. The SMILES string of the molecule is CCC(C)(C)C(OO)C(C)c1c(F)c(F)c(F)c(F)c1F. The van der Waals surface area contributed by atoms with Crippen molar-refractivity contribution in [1.29, 1.82) is 0 Å². The molecule has 2 unspecified atom stereocenters. The van der Waals surface area contributed by atoms with Crippen LogP contribution in [-0.4, -0.2) is 11.4 Å². The van der Waals surface area contributed by atoms with Crippen LogP contribution in [0.1, 0.15) is 45.6 Å². The van der Waals surface area contributed by atoms with Crippen LogP contribution in [0.5, 0.6) is 0 Å². The quantitative estimate of drug-likeness (QED) is 0.279. The Morgan fingerprint density at radius 3 is 1.67 bits per heavy atom. The van der Waals surface area contributed by atoms with Crippen molar-refractivity contribution < 1.29 is 32.1 Å². The fraction of sp³-hybridized carbons (Fsp3) is 0.571. The lowest BCUT2D eigenvalue weighted by Gasteiger charge is -2.35. The molecule has 21 heavy (non-hydrogen) atoms. The summed E-state index contributed by atoms with van der Waals surface area (Å²) in [4.78, 5) is 4.27. The van der Waals surface area contributed by atoms with Crippen LogP contribution < -0.4 is 0 Å². The molecule has 0 aromatic heterocycles. The van der Waals surface area contributed by atoms with Gasteiger partial charge < -0.3 is 0 Å². The van der Waals surface area contributed by atoms with Crippen molar-refractivity contribution in [3.63, 3.8) is 0 Å². The van der Waals surface area contributed by atoms with E-state index in [2.05, 4.69) is 4.89 Å². The van der Waals surface area contributed by atoms with E-state index in [0.717, 1.165) is 0 Å². The Labute approximate surface area is 119 Å². The average Bonchev–Trinajstić information content (AvgIpc) is 2.43. The Morgan fingerprint density at radius 1 is 0.952 bits per heavy atom. The van der Waals surface area contributed by atoms with E-state index in [4.69, 9.17) is 5.26 Å². The highest BCUT2D eigenvalue weighted by Gasteiger charge is 2.39. The Morgan fingerprint density at radius 2 is 1.33 bits per heavy atom. The molecule has 0 saturated heterocycles. The summed E-state index contributed by atoms with van der Waals surface area (Å²) in [6, 6.07) is 0. The summed E-state index contributed by atoms with van der Waals surface area (Å²) < 4.78 is 67.1. The predicted molar refractivity (Wildman–Crippen MR) is 66.2 cm³/mol. The molecule has 2 nitrogen and oxygen atoms in total. The average molecular weight is 312 g/mol. The Hall–Kier alpha value is -1.21. The number of benzene rings is 1. The van der Waals surface area contributed by atoms with E-state index in [-0.39, 0.29) is 0 Å². The van der Waals surface area contributed by atoms with E-state index >= 15 is 0 Å². The van der Waals surface area contributed by atoms with Gasteiger partial charge in [-0.1, -0.05) is 27.7 Å². The van der Waals surface area contributed by atoms with E-state index in [0.29, 0.717) is 6.42 Å². The highest BCUT2D eigenvalue weighted by Crippen LogP contribution is 2.39. The molecule has 0 bridgehead atoms. The molecule has 0 aliphatic rings. The molecule has 120 valence electrons. The Kier molecular flexibility index (Phi) is 5.33. The minimum absolute atomic E-state index is 0.456. The molecule has 1 N–H and O–H groups in total. The second kappa shape index (κ2) is 6.27. The van der Waals surface area contributed by atoms with Gasteiger partial charge in [-0.25, -0.2) is 26.8 Å². The van der Waals surface area contributed by atoms with Crippen LogP contribution >= 0.6 is 0 Å². The molecule has 0 saturated carbocycles. The van der Waals surface area contributed by atoms with Crippen LogP contribution in [0.4, 0.5) is 22.0 Å². The van der Waals surface area contributed by atoms with Gasteiger partial charge in [0.05, 0.1) is 0 Å². The Balaban J connectivity index is 3.46. The summed E-state index contributed by atoms with van der Waals surface area (Å²) >= 11 is 0. The monoisotopic (exact) mass is 312 g/mol. The minimum atomic E-state index is -2.21. The summed E-state index contributed by atoms with van der Waals surface area (Å²) in [5.74, 6) is -11.3. The van der Waals surface area contributed by atoms with Gasteiger partial charge in [0.1, 0.15) is 6.10 Å². The van der Waals surface area contributed by atoms with Crippen molar-refractivity contribution in [3.8, 4) is 0 Å². The molecule has 7 heteroatoms. The van der Waals surface area contributed by atoms with Crippen molar-refractivity contribution >= 4 is 0 Å². The van der Waals surface area contributed by atoms with Gasteiger partial charge in [-0.05, 0) is 11.8 Å². The lowest BCUT2D eigenvalue weighted by atomic mass is 9.75. The predicted octanol–water partition coefficient (Wildman–Crippen LogP) is 4.78. The van der Waals surface area contributed by atoms with Gasteiger partial charge in [0.2, 0.25) is 5.82 Å². The smallest absolute Gasteiger partial charge is 0.200 e. The molecule has 0 amide bonds. The van der Waals surface area contributed by atoms with Gasteiger partial charge in [0.25, 0.3) is 0 Å². The van der Waals surface area contributed by atoms with Crippen LogP contribution in [-0.2, 0) is 4.89 Å². The van der Waals surface area contributed by atoms with E-state index in [1.54, 1.807) is 20.8 Å². The number of halogens is 5. The van der Waals surface area contributed by atoms with Crippen molar-refractivity contribution in [2.24, 2.45) is 5.41 Å². The molecule has 1 aromatic rings. The molecule has 0 aliphatic heterocycles. The molecule has 1 rings (SSSR count). The zero-order chi connectivity index (χ0) is 16.5. The van der Waals surface area contributed by atoms with Crippen molar-refractivity contribution in [2.75, 3.05) is 0 Å². The summed E-state index contributed by atoms with van der Waals surface area (Å²) in [5, 5.41) is 8.99. The molecule has 0 heterocycles. The van der Waals surface area contributed by atoms with E-state index < -0.39 is 52.1 Å². The maximum atomic E-state index is 13.8. The highest BCUT2D eigenvalue weighted by molar-refractivity contribution is 5.28. The van der Waals surface area contributed by atoms with E-state index in [1.807, 2.05) is 0 Å². The Bertz CT molecular complexity index is 502. The standard InChI is InChI=1S/C14H17F5O2/c1-5-14(3,4)13(21-20)6(2)7-8(15)10(17)12(19)11(18)9(7)16/h6,13,20H,5H2,1-4H3. The van der Waals surface area contributed by atoms with Gasteiger partial charge in [-0.15, -0.1) is 0 Å². The van der Waals surface area contributed by atoms with Crippen LogP contribution in [0.15, 0.2) is 0 Å². The first-order chi connectivity index (χ1) is 9.60. The molecule has 2 atom stereocenters. The molecular weight excluding hydrogens is 295 g/mol. The normalized spacial score (nSPS) is 15.1. The molecule has 0 aliphatic carbocycles. The maximum Gasteiger partial charge on any atom is 0.200 e. The fourth-order valence-electron chi connectivity index (χ4n) is 2.28. The van der Waals surface area contributed by atoms with Crippen molar-refractivity contribution in [1.82, 2.24) is 0 Å². The van der Waals surface area contributed by atoms with Crippen LogP contribution in [0, 0.1) is 34.5 Å². The molecule has 0 spiro atoms. The first-order valence-corrected chi connectivity index (χ1v) is 6.41. The van der Waals surface area contributed by atoms with E-state index in [1.165, 1.54) is 6.92 Å². The van der Waals surface area contributed by atoms with E-state index in [9.17, 15) is 22.0 Å². The van der Waals surface area contributed by atoms with Gasteiger partial charge in [0.15, 0.2) is 23.3 Å². The summed E-state index contributed by atoms with van der Waals surface area (Å²) in [6.07, 6.45) is -0.687. The lowest BCUT2D eigenvalue weighted by Crippen LogP contribution is -2.36. The fourth-order valence-corrected chi connectivity index (χ4v) is 2.28. The van der Waals surface area contributed by atoms with Gasteiger partial charge in [-0.3, -0.25) is 5.26 Å². The summed E-state index contributed by atoms with van der Waals surface area (Å²) in [7, 11) is 0. The largest absolute Gasteiger partial charge is 0.251 e. The van der Waals surface area contributed by atoms with Crippen LogP contribution in [0.2, 0.25) is 0 Å². The van der Waals surface area contributed by atoms with Crippen LogP contribution in [0.25, 0.3) is 0 Å². The highest BCUT2D eigenvalue weighted by atomic mass is 19.2. The maximum absolute atomic E-state index is 13.8. The summed E-state index contributed by atoms with van der Waals surface area (Å²) in [6.45, 7) is 6.28. The molecule has 0 radical (unpaired) electrons. The minimum Gasteiger partial charge on any atom is -0.251 e. The number of rotatable bonds is 5. The number of hydrogen-bond acceptors (Lipinski definition) is 2. The molecular formula is C14H17F5O2. The first kappa shape index (κ1) is 17.8. The third-order valence-corrected chi connectivity index (χ3v) is 3.95. The zero-order valence-electron chi connectivity index (χ0n) is 12.1. The van der Waals surface area contributed by atoms with Crippen molar-refractivity contribution in [3.05, 3.63) is 34.6 Å². The van der Waals surface area contributed by atoms with Gasteiger partial charge in [-0.2, -0.15) is 0 Å². The third kappa shape index (κ3) is 3.03. The summed E-state index contributed by atoms with van der Waals surface area (Å²) in [5.41, 5.74) is -1.74. The third-order valence-electron chi connectivity index (χ3n) is 3.95. The second-order valence-electron chi connectivity index (χ2n) is 5.64. The second-order valence-corrected chi connectivity index (χ2v) is 5.64. The zero-order valence-corrected chi connectivity index (χ0v) is 12.1. The topological polar surface area (TPSA) is 29.5 Å². The lowest BCUT2D eigenvalue weighted by molar-refractivity contribution is -0.306. The van der Waals surface area contributed by atoms with Gasteiger partial charge in [0, 0.05) is 11.5 Å². The number of hydrogen-bond donors (Lipinski definition) is 1. The van der Waals surface area contributed by atoms with Crippen LogP contribution in [0.3, 0.4) is 0 Å².